The summed E-state index contributed by atoms with van der Waals surface area (Å²) in [7, 11) is 1.96. The third kappa shape index (κ3) is 4.89. The van der Waals surface area contributed by atoms with Crippen LogP contribution < -0.4 is 5.32 Å². The van der Waals surface area contributed by atoms with Gasteiger partial charge in [-0.15, -0.1) is 0 Å². The molecule has 2 aromatic carbocycles. The number of nitrogens with one attached hydrogen (secondary N) is 1. The van der Waals surface area contributed by atoms with Crippen molar-refractivity contribution in [2.45, 2.75) is 12.8 Å². The summed E-state index contributed by atoms with van der Waals surface area (Å²) in [6, 6.07) is 13.6. The fraction of sp³-hybridized carbons (Fsp3) is 0.294. The topological polar surface area (TPSA) is 12.0 Å². The Labute approximate surface area is 141 Å². The summed E-state index contributed by atoms with van der Waals surface area (Å²) in [6.45, 7) is 0.897. The SMILES string of the molecule is CNCC(Cc1ccccc1Cl)Cc1cc(Cl)ccc1Cl. The zero-order chi connectivity index (χ0) is 15.2. The summed E-state index contributed by atoms with van der Waals surface area (Å²) in [6.07, 6.45) is 1.77. The molecule has 1 N–H and O–H groups in total. The first kappa shape index (κ1) is 16.6. The summed E-state index contributed by atoms with van der Waals surface area (Å²) < 4.78 is 0. The van der Waals surface area contributed by atoms with E-state index in [0.29, 0.717) is 5.92 Å². The molecule has 21 heavy (non-hydrogen) atoms. The predicted molar refractivity (Wildman–Crippen MR) is 92.7 cm³/mol. The summed E-state index contributed by atoms with van der Waals surface area (Å²) >= 11 is 18.6. The first-order chi connectivity index (χ1) is 10.1. The normalized spacial score (nSPS) is 12.4. The van der Waals surface area contributed by atoms with Crippen molar-refractivity contribution >= 4 is 34.8 Å². The Hall–Kier alpha value is -0.730. The highest BCUT2D eigenvalue weighted by Crippen LogP contribution is 2.26. The Morgan fingerprint density at radius 2 is 1.57 bits per heavy atom. The molecular weight excluding hydrogens is 325 g/mol. The van der Waals surface area contributed by atoms with Crippen molar-refractivity contribution in [1.29, 1.82) is 0 Å². The van der Waals surface area contributed by atoms with Crippen LogP contribution in [0.25, 0.3) is 0 Å². The molecule has 0 spiro atoms. The van der Waals surface area contributed by atoms with Crippen LogP contribution in [0.3, 0.4) is 0 Å². The van der Waals surface area contributed by atoms with Crippen LogP contribution in [-0.4, -0.2) is 13.6 Å². The lowest BCUT2D eigenvalue weighted by atomic mass is 9.92. The lowest BCUT2D eigenvalue weighted by Gasteiger charge is -2.18. The molecule has 0 amide bonds. The maximum absolute atomic E-state index is 6.27. The van der Waals surface area contributed by atoms with Crippen LogP contribution in [0.5, 0.6) is 0 Å². The molecule has 0 saturated carbocycles. The molecule has 1 unspecified atom stereocenters. The second kappa shape index (κ2) is 8.05. The van der Waals surface area contributed by atoms with Crippen LogP contribution in [0.4, 0.5) is 0 Å². The zero-order valence-electron chi connectivity index (χ0n) is 11.9. The molecule has 0 aliphatic heterocycles. The largest absolute Gasteiger partial charge is 0.319 e. The highest BCUT2D eigenvalue weighted by atomic mass is 35.5. The van der Waals surface area contributed by atoms with Crippen molar-refractivity contribution in [3.8, 4) is 0 Å². The van der Waals surface area contributed by atoms with Crippen molar-refractivity contribution in [3.63, 3.8) is 0 Å². The van der Waals surface area contributed by atoms with E-state index in [2.05, 4.69) is 11.4 Å². The van der Waals surface area contributed by atoms with Gasteiger partial charge in [-0.05, 0) is 67.7 Å². The van der Waals surface area contributed by atoms with Crippen molar-refractivity contribution in [3.05, 3.63) is 68.7 Å². The molecular formula is C17H18Cl3N. The number of hydrogen-bond donors (Lipinski definition) is 1. The molecule has 0 aromatic heterocycles. The predicted octanol–water partition coefficient (Wildman–Crippen LogP) is 5.27. The first-order valence-corrected chi connectivity index (χ1v) is 8.05. The Morgan fingerprint density at radius 1 is 0.905 bits per heavy atom. The summed E-state index contributed by atoms with van der Waals surface area (Å²) in [4.78, 5) is 0. The molecule has 0 aliphatic carbocycles. The Morgan fingerprint density at radius 3 is 2.29 bits per heavy atom. The summed E-state index contributed by atoms with van der Waals surface area (Å²) in [5.74, 6) is 0.408. The Bertz CT molecular complexity index is 598. The standard InChI is InChI=1S/C17H18Cl3N/c1-21-11-12(8-13-4-2-3-5-16(13)19)9-14-10-15(18)6-7-17(14)20/h2-7,10,12,21H,8-9,11H2,1H3. The van der Waals surface area contributed by atoms with Gasteiger partial charge in [0, 0.05) is 15.1 Å². The maximum Gasteiger partial charge on any atom is 0.0439 e. The Balaban J connectivity index is 2.16. The van der Waals surface area contributed by atoms with E-state index in [1.165, 1.54) is 0 Å². The van der Waals surface area contributed by atoms with Crippen molar-refractivity contribution in [2.24, 2.45) is 5.92 Å². The minimum Gasteiger partial charge on any atom is -0.319 e. The third-order valence-electron chi connectivity index (χ3n) is 3.48. The minimum atomic E-state index is 0.408. The van der Waals surface area contributed by atoms with Crippen molar-refractivity contribution in [1.82, 2.24) is 5.32 Å². The van der Waals surface area contributed by atoms with Crippen LogP contribution in [0.2, 0.25) is 15.1 Å². The fourth-order valence-corrected chi connectivity index (χ4v) is 3.09. The van der Waals surface area contributed by atoms with Crippen LogP contribution >= 0.6 is 34.8 Å². The third-order valence-corrected chi connectivity index (χ3v) is 4.45. The van der Waals surface area contributed by atoms with Gasteiger partial charge in [-0.25, -0.2) is 0 Å². The maximum atomic E-state index is 6.27. The second-order valence-electron chi connectivity index (χ2n) is 5.16. The quantitative estimate of drug-likeness (QED) is 0.754. The van der Waals surface area contributed by atoms with Gasteiger partial charge in [-0.3, -0.25) is 0 Å². The van der Waals surface area contributed by atoms with Crippen LogP contribution in [-0.2, 0) is 12.8 Å². The highest BCUT2D eigenvalue weighted by molar-refractivity contribution is 6.33. The average molecular weight is 343 g/mol. The molecule has 0 aliphatic rings. The summed E-state index contributed by atoms with van der Waals surface area (Å²) in [5, 5.41) is 5.54. The van der Waals surface area contributed by atoms with Crippen LogP contribution in [0, 0.1) is 5.92 Å². The first-order valence-electron chi connectivity index (χ1n) is 6.92. The highest BCUT2D eigenvalue weighted by Gasteiger charge is 2.14. The molecule has 4 heteroatoms. The van der Waals surface area contributed by atoms with E-state index in [0.717, 1.165) is 45.6 Å². The molecule has 0 heterocycles. The number of benzene rings is 2. The van der Waals surface area contributed by atoms with E-state index in [1.807, 2.05) is 43.4 Å². The molecule has 0 bridgehead atoms. The monoisotopic (exact) mass is 341 g/mol. The molecule has 2 rings (SSSR count). The number of hydrogen-bond acceptors (Lipinski definition) is 1. The van der Waals surface area contributed by atoms with Crippen LogP contribution in [0.1, 0.15) is 11.1 Å². The van der Waals surface area contributed by atoms with Crippen molar-refractivity contribution < 1.29 is 0 Å². The van der Waals surface area contributed by atoms with Gasteiger partial charge in [0.05, 0.1) is 0 Å². The molecule has 0 saturated heterocycles. The second-order valence-corrected chi connectivity index (χ2v) is 6.41. The van der Waals surface area contributed by atoms with Gasteiger partial charge < -0.3 is 5.32 Å². The van der Waals surface area contributed by atoms with E-state index >= 15 is 0 Å². The van der Waals surface area contributed by atoms with Crippen LogP contribution in [0.15, 0.2) is 42.5 Å². The smallest absolute Gasteiger partial charge is 0.0439 e. The van der Waals surface area contributed by atoms with Gasteiger partial charge in [0.1, 0.15) is 0 Å². The minimum absolute atomic E-state index is 0.408. The molecule has 1 atom stereocenters. The molecule has 0 radical (unpaired) electrons. The lowest BCUT2D eigenvalue weighted by molar-refractivity contribution is 0.493. The van der Waals surface area contributed by atoms with E-state index in [1.54, 1.807) is 0 Å². The average Bonchev–Trinajstić information content (AvgIpc) is 2.45. The Kier molecular flexibility index (Phi) is 6.38. The zero-order valence-corrected chi connectivity index (χ0v) is 14.1. The van der Waals surface area contributed by atoms with E-state index < -0.39 is 0 Å². The number of halogens is 3. The van der Waals surface area contributed by atoms with Gasteiger partial charge >= 0.3 is 0 Å². The van der Waals surface area contributed by atoms with Gasteiger partial charge in [-0.1, -0.05) is 53.0 Å². The van der Waals surface area contributed by atoms with E-state index in [9.17, 15) is 0 Å². The fourth-order valence-electron chi connectivity index (χ4n) is 2.49. The molecule has 2 aromatic rings. The van der Waals surface area contributed by atoms with Gasteiger partial charge in [0.25, 0.3) is 0 Å². The lowest BCUT2D eigenvalue weighted by Crippen LogP contribution is -2.23. The summed E-state index contributed by atoms with van der Waals surface area (Å²) in [5.41, 5.74) is 2.24. The van der Waals surface area contributed by atoms with Gasteiger partial charge in [0.2, 0.25) is 0 Å². The molecule has 112 valence electrons. The van der Waals surface area contributed by atoms with Gasteiger partial charge in [-0.2, -0.15) is 0 Å². The van der Waals surface area contributed by atoms with Crippen molar-refractivity contribution in [2.75, 3.05) is 13.6 Å². The van der Waals surface area contributed by atoms with E-state index in [-0.39, 0.29) is 0 Å². The number of rotatable bonds is 6. The molecule has 0 fully saturated rings. The molecule has 1 nitrogen and oxygen atoms in total. The van der Waals surface area contributed by atoms with E-state index in [4.69, 9.17) is 34.8 Å². The van der Waals surface area contributed by atoms with Gasteiger partial charge in [0.15, 0.2) is 0 Å².